The fourth-order valence-corrected chi connectivity index (χ4v) is 2.13. The van der Waals surface area contributed by atoms with Gasteiger partial charge in [-0.25, -0.2) is 4.79 Å². The minimum Gasteiger partial charge on any atom is -0.351 e. The van der Waals surface area contributed by atoms with E-state index in [1.807, 2.05) is 30.3 Å². The van der Waals surface area contributed by atoms with E-state index >= 15 is 0 Å². The maximum atomic E-state index is 11.0. The highest BCUT2D eigenvalue weighted by Crippen LogP contribution is 2.24. The molecular weight excluding hydrogens is 296 g/mol. The lowest BCUT2D eigenvalue weighted by Gasteiger charge is -2.05. The van der Waals surface area contributed by atoms with Crippen LogP contribution < -0.4 is 11.1 Å². The highest BCUT2D eigenvalue weighted by molar-refractivity contribution is 9.10. The van der Waals surface area contributed by atoms with E-state index in [0.717, 1.165) is 30.2 Å². The molecule has 0 atom stereocenters. The molecule has 1 saturated carbocycles. The molecule has 1 aromatic carbocycles. The second-order valence-electron chi connectivity index (χ2n) is 4.13. The van der Waals surface area contributed by atoms with Crippen LogP contribution in [0.5, 0.6) is 0 Å². The van der Waals surface area contributed by atoms with Crippen LogP contribution in [0.3, 0.4) is 0 Å². The van der Waals surface area contributed by atoms with Crippen LogP contribution >= 0.6 is 15.9 Å². The lowest BCUT2D eigenvalue weighted by atomic mass is 10.1. The van der Waals surface area contributed by atoms with Gasteiger partial charge in [0.2, 0.25) is 5.91 Å². The van der Waals surface area contributed by atoms with Crippen molar-refractivity contribution in [3.05, 3.63) is 34.8 Å². The summed E-state index contributed by atoms with van der Waals surface area (Å²) in [5, 5.41) is 2.08. The minimum absolute atomic E-state index is 0.0162. The second-order valence-corrected chi connectivity index (χ2v) is 5.05. The van der Waals surface area contributed by atoms with Gasteiger partial charge in [0.15, 0.2) is 0 Å². The molecule has 0 heterocycles. The molecule has 0 unspecified atom stereocenters. The first-order valence-corrected chi connectivity index (χ1v) is 6.69. The zero-order valence-electron chi connectivity index (χ0n) is 10.1. The summed E-state index contributed by atoms with van der Waals surface area (Å²) in [5.74, 6) is -0.197. The van der Waals surface area contributed by atoms with Crippen LogP contribution in [0.25, 0.3) is 0 Å². The molecule has 0 aliphatic heterocycles. The molecular formula is C13H17BrN2O2. The van der Waals surface area contributed by atoms with E-state index in [2.05, 4.69) is 21.2 Å². The first-order valence-electron chi connectivity index (χ1n) is 5.90. The third-order valence-corrected chi connectivity index (χ3v) is 3.23. The number of hydrogen-bond acceptors (Lipinski definition) is 2. The van der Waals surface area contributed by atoms with Gasteiger partial charge in [0.25, 0.3) is 0 Å². The number of imide groups is 1. The molecule has 4 nitrogen and oxygen atoms in total. The monoisotopic (exact) mass is 312 g/mol. The second kappa shape index (κ2) is 7.87. The van der Waals surface area contributed by atoms with Crippen LogP contribution in [0.2, 0.25) is 0 Å². The Kier molecular flexibility index (Phi) is 6.43. The number of carbonyl (C=O) groups is 2. The van der Waals surface area contributed by atoms with Crippen LogP contribution in [0.1, 0.15) is 25.7 Å². The van der Waals surface area contributed by atoms with Crippen molar-refractivity contribution in [1.82, 2.24) is 5.32 Å². The number of halogens is 1. The number of nitrogens with two attached hydrogens (primary N) is 1. The number of hydrogen-bond donors (Lipinski definition) is 2. The number of primary amides is 1. The maximum absolute atomic E-state index is 11.0. The lowest BCUT2D eigenvalue weighted by molar-refractivity contribution is -0.123. The zero-order chi connectivity index (χ0) is 13.4. The summed E-state index contributed by atoms with van der Waals surface area (Å²) in [6.45, 7) is 0. The Hall–Kier alpha value is -1.36. The molecule has 1 fully saturated rings. The number of carbonyl (C=O) groups excluding carboxylic acids is 2. The van der Waals surface area contributed by atoms with Gasteiger partial charge in [0.1, 0.15) is 0 Å². The van der Waals surface area contributed by atoms with E-state index in [9.17, 15) is 9.59 Å². The molecule has 0 spiro atoms. The fourth-order valence-electron chi connectivity index (χ4n) is 1.83. The van der Waals surface area contributed by atoms with Crippen molar-refractivity contribution in [3.8, 4) is 0 Å². The molecule has 3 amide bonds. The summed E-state index contributed by atoms with van der Waals surface area (Å²) in [4.78, 5) is 21.3. The summed E-state index contributed by atoms with van der Waals surface area (Å²) in [6.07, 6.45) is 3.94. The van der Waals surface area contributed by atoms with Gasteiger partial charge in [-0.2, -0.15) is 0 Å². The van der Waals surface area contributed by atoms with Gasteiger partial charge in [-0.05, 0) is 25.0 Å². The van der Waals surface area contributed by atoms with Crippen LogP contribution in [-0.2, 0) is 4.79 Å². The highest BCUT2D eigenvalue weighted by Gasteiger charge is 2.23. The van der Waals surface area contributed by atoms with Gasteiger partial charge in [0, 0.05) is 10.4 Å². The molecule has 2 rings (SSSR count). The van der Waals surface area contributed by atoms with Crippen molar-refractivity contribution < 1.29 is 9.59 Å². The predicted octanol–water partition coefficient (Wildman–Crippen LogP) is 2.82. The van der Waals surface area contributed by atoms with Gasteiger partial charge in [-0.1, -0.05) is 47.0 Å². The average Bonchev–Trinajstić information content (AvgIpc) is 2.83. The number of rotatable bonds is 1. The van der Waals surface area contributed by atoms with E-state index < -0.39 is 6.03 Å². The van der Waals surface area contributed by atoms with Crippen molar-refractivity contribution in [2.75, 3.05) is 0 Å². The molecule has 0 aromatic heterocycles. The SMILES string of the molecule is Brc1ccccc1.NC(=O)NC(=O)C1CCCC1. The van der Waals surface area contributed by atoms with Crippen LogP contribution in [0, 0.1) is 5.92 Å². The van der Waals surface area contributed by atoms with Gasteiger partial charge in [0.05, 0.1) is 0 Å². The molecule has 1 aromatic rings. The first-order chi connectivity index (χ1) is 8.59. The Bertz CT molecular complexity index is 389. The molecule has 1 aliphatic carbocycles. The van der Waals surface area contributed by atoms with Crippen LogP contribution in [0.15, 0.2) is 34.8 Å². The number of urea groups is 1. The summed E-state index contributed by atoms with van der Waals surface area (Å²) in [5.41, 5.74) is 4.79. The Morgan fingerprint density at radius 3 is 2.11 bits per heavy atom. The summed E-state index contributed by atoms with van der Waals surface area (Å²) in [6, 6.07) is 9.22. The number of nitrogens with one attached hydrogen (secondary N) is 1. The van der Waals surface area contributed by atoms with Crippen molar-refractivity contribution in [3.63, 3.8) is 0 Å². The molecule has 5 heteroatoms. The van der Waals surface area contributed by atoms with Crippen LogP contribution in [0.4, 0.5) is 4.79 Å². The largest absolute Gasteiger partial charge is 0.351 e. The maximum Gasteiger partial charge on any atom is 0.318 e. The van der Waals surface area contributed by atoms with E-state index in [0.29, 0.717) is 0 Å². The highest BCUT2D eigenvalue weighted by atomic mass is 79.9. The zero-order valence-corrected chi connectivity index (χ0v) is 11.7. The van der Waals surface area contributed by atoms with E-state index in [-0.39, 0.29) is 11.8 Å². The quantitative estimate of drug-likeness (QED) is 0.837. The van der Waals surface area contributed by atoms with Gasteiger partial charge in [-0.15, -0.1) is 0 Å². The molecule has 98 valence electrons. The van der Waals surface area contributed by atoms with Gasteiger partial charge < -0.3 is 5.73 Å². The number of amides is 3. The van der Waals surface area contributed by atoms with Crippen molar-refractivity contribution in [1.29, 1.82) is 0 Å². The topological polar surface area (TPSA) is 72.2 Å². The Morgan fingerprint density at radius 1 is 1.17 bits per heavy atom. The molecule has 0 bridgehead atoms. The fraction of sp³-hybridized carbons (Fsp3) is 0.385. The summed E-state index contributed by atoms with van der Waals surface area (Å²) >= 11 is 3.31. The molecule has 3 N–H and O–H groups in total. The molecule has 0 radical (unpaired) electrons. The first kappa shape index (κ1) is 14.7. The minimum atomic E-state index is -0.748. The van der Waals surface area contributed by atoms with Crippen molar-refractivity contribution >= 4 is 27.9 Å². The van der Waals surface area contributed by atoms with Crippen molar-refractivity contribution in [2.24, 2.45) is 11.7 Å². The van der Waals surface area contributed by atoms with E-state index in [1.165, 1.54) is 0 Å². The van der Waals surface area contributed by atoms with Gasteiger partial charge >= 0.3 is 6.03 Å². The summed E-state index contributed by atoms with van der Waals surface area (Å²) < 4.78 is 1.13. The van der Waals surface area contributed by atoms with Crippen LogP contribution in [-0.4, -0.2) is 11.9 Å². The normalized spacial score (nSPS) is 14.5. The Labute approximate surface area is 115 Å². The Morgan fingerprint density at radius 2 is 1.72 bits per heavy atom. The van der Waals surface area contributed by atoms with Crippen molar-refractivity contribution in [2.45, 2.75) is 25.7 Å². The summed E-state index contributed by atoms with van der Waals surface area (Å²) in [7, 11) is 0. The molecule has 0 saturated heterocycles. The smallest absolute Gasteiger partial charge is 0.318 e. The molecule has 18 heavy (non-hydrogen) atoms. The molecule has 1 aliphatic rings. The third-order valence-electron chi connectivity index (χ3n) is 2.71. The average molecular weight is 313 g/mol. The lowest BCUT2D eigenvalue weighted by Crippen LogP contribution is -2.38. The van der Waals surface area contributed by atoms with Gasteiger partial charge in [-0.3, -0.25) is 10.1 Å². The number of benzene rings is 1. The Balaban J connectivity index is 0.000000199. The third kappa shape index (κ3) is 5.82. The van der Waals surface area contributed by atoms with E-state index in [4.69, 9.17) is 5.73 Å². The standard InChI is InChI=1S/C7H12N2O2.C6H5Br/c8-7(11)9-6(10)5-3-1-2-4-5;7-6-4-2-1-3-5-6/h5H,1-4H2,(H3,8,9,10,11);1-5H. The predicted molar refractivity (Wildman–Crippen MR) is 73.8 cm³/mol. The van der Waals surface area contributed by atoms with E-state index in [1.54, 1.807) is 0 Å².